The van der Waals surface area contributed by atoms with Crippen LogP contribution < -0.4 is 20.3 Å². The average molecular weight is 500 g/mol. The van der Waals surface area contributed by atoms with Crippen LogP contribution in [0.2, 0.25) is 0 Å². The average Bonchev–Trinajstić information content (AvgIpc) is 2.60. The number of benzene rings is 2. The molecule has 0 heterocycles. The number of aryl methyl sites for hydroxylation is 3. The van der Waals surface area contributed by atoms with Gasteiger partial charge in [0.25, 0.3) is 11.8 Å². The Morgan fingerprint density at radius 1 is 0.852 bits per heavy atom. The molecule has 0 aromatic heterocycles. The molecular formula is C19H20Br2N2O4. The van der Waals surface area contributed by atoms with E-state index in [1.165, 1.54) is 0 Å². The van der Waals surface area contributed by atoms with Gasteiger partial charge in [0, 0.05) is 4.47 Å². The van der Waals surface area contributed by atoms with Crippen molar-refractivity contribution in [1.82, 2.24) is 10.9 Å². The summed E-state index contributed by atoms with van der Waals surface area (Å²) in [6.45, 7) is 5.39. The predicted octanol–water partition coefficient (Wildman–Crippen LogP) is 3.74. The Kier molecular flexibility index (Phi) is 7.67. The zero-order valence-corrected chi connectivity index (χ0v) is 18.4. The number of hydrogen-bond acceptors (Lipinski definition) is 4. The molecule has 0 radical (unpaired) electrons. The van der Waals surface area contributed by atoms with E-state index in [9.17, 15) is 9.59 Å². The number of carbonyl (C=O) groups excluding carboxylic acids is 2. The summed E-state index contributed by atoms with van der Waals surface area (Å²) in [5.41, 5.74) is 7.67. The predicted molar refractivity (Wildman–Crippen MR) is 110 cm³/mol. The van der Waals surface area contributed by atoms with Crippen LogP contribution >= 0.6 is 31.9 Å². The van der Waals surface area contributed by atoms with Gasteiger partial charge < -0.3 is 9.47 Å². The van der Waals surface area contributed by atoms with Crippen LogP contribution in [-0.4, -0.2) is 25.0 Å². The maximum absolute atomic E-state index is 11.9. The van der Waals surface area contributed by atoms with Crippen molar-refractivity contribution in [3.8, 4) is 11.5 Å². The second kappa shape index (κ2) is 9.75. The van der Waals surface area contributed by atoms with Crippen molar-refractivity contribution < 1.29 is 19.1 Å². The highest BCUT2D eigenvalue weighted by Crippen LogP contribution is 2.32. The van der Waals surface area contributed by atoms with Crippen molar-refractivity contribution in [3.63, 3.8) is 0 Å². The molecule has 0 atom stereocenters. The van der Waals surface area contributed by atoms with Crippen molar-refractivity contribution in [1.29, 1.82) is 0 Å². The summed E-state index contributed by atoms with van der Waals surface area (Å²) in [5.74, 6) is 0.211. The lowest BCUT2D eigenvalue weighted by atomic mass is 10.1. The van der Waals surface area contributed by atoms with Gasteiger partial charge in [-0.3, -0.25) is 20.4 Å². The minimum atomic E-state index is -0.483. The Morgan fingerprint density at radius 3 is 2.07 bits per heavy atom. The first kappa shape index (κ1) is 21.2. The zero-order chi connectivity index (χ0) is 20.0. The SMILES string of the molecule is Cc1ccc(OCC(=O)NNC(=O)COc2c(C)cc(Br)cc2Br)cc1C. The van der Waals surface area contributed by atoms with E-state index in [2.05, 4.69) is 42.7 Å². The third kappa shape index (κ3) is 6.55. The van der Waals surface area contributed by atoms with E-state index < -0.39 is 11.8 Å². The molecule has 0 aliphatic heterocycles. The molecule has 0 unspecified atom stereocenters. The number of nitrogens with one attached hydrogen (secondary N) is 2. The molecule has 2 N–H and O–H groups in total. The van der Waals surface area contributed by atoms with Gasteiger partial charge >= 0.3 is 0 Å². The molecule has 2 amide bonds. The number of carbonyl (C=O) groups is 2. The fraction of sp³-hybridized carbons (Fsp3) is 0.263. The third-order valence-corrected chi connectivity index (χ3v) is 4.78. The number of hydrogen-bond donors (Lipinski definition) is 2. The highest BCUT2D eigenvalue weighted by molar-refractivity contribution is 9.11. The fourth-order valence-corrected chi connectivity index (χ4v) is 3.73. The summed E-state index contributed by atoms with van der Waals surface area (Å²) in [6.07, 6.45) is 0. The maximum Gasteiger partial charge on any atom is 0.276 e. The second-order valence-corrected chi connectivity index (χ2v) is 7.72. The topological polar surface area (TPSA) is 76.7 Å². The second-order valence-electron chi connectivity index (χ2n) is 5.95. The molecule has 0 spiro atoms. The quantitative estimate of drug-likeness (QED) is 0.593. The van der Waals surface area contributed by atoms with Gasteiger partial charge in [-0.25, -0.2) is 0 Å². The number of halogens is 2. The molecule has 2 aromatic rings. The lowest BCUT2D eigenvalue weighted by Crippen LogP contribution is -2.45. The molecule has 0 saturated heterocycles. The summed E-state index contributed by atoms with van der Waals surface area (Å²) in [6, 6.07) is 9.27. The van der Waals surface area contributed by atoms with Gasteiger partial charge in [-0.2, -0.15) is 0 Å². The van der Waals surface area contributed by atoms with Gasteiger partial charge in [-0.15, -0.1) is 0 Å². The highest BCUT2D eigenvalue weighted by Gasteiger charge is 2.11. The fourth-order valence-electron chi connectivity index (χ4n) is 2.17. The lowest BCUT2D eigenvalue weighted by Gasteiger charge is -2.12. The van der Waals surface area contributed by atoms with Gasteiger partial charge in [0.05, 0.1) is 4.47 Å². The van der Waals surface area contributed by atoms with Crippen LogP contribution in [0.1, 0.15) is 16.7 Å². The monoisotopic (exact) mass is 498 g/mol. The number of rotatable bonds is 6. The van der Waals surface area contributed by atoms with Crippen LogP contribution in [0.25, 0.3) is 0 Å². The van der Waals surface area contributed by atoms with Crippen LogP contribution in [0.3, 0.4) is 0 Å². The number of amides is 2. The van der Waals surface area contributed by atoms with Crippen LogP contribution in [0, 0.1) is 20.8 Å². The maximum atomic E-state index is 11.9. The highest BCUT2D eigenvalue weighted by atomic mass is 79.9. The first-order chi connectivity index (χ1) is 12.8. The minimum absolute atomic E-state index is 0.207. The minimum Gasteiger partial charge on any atom is -0.484 e. The van der Waals surface area contributed by atoms with Crippen LogP contribution in [0.5, 0.6) is 11.5 Å². The first-order valence-corrected chi connectivity index (χ1v) is 9.71. The third-order valence-electron chi connectivity index (χ3n) is 3.73. The van der Waals surface area contributed by atoms with Gasteiger partial charge in [-0.05, 0) is 77.7 Å². The largest absolute Gasteiger partial charge is 0.484 e. The zero-order valence-electron chi connectivity index (χ0n) is 15.2. The molecule has 0 fully saturated rings. The molecule has 2 rings (SSSR count). The Balaban J connectivity index is 1.75. The van der Waals surface area contributed by atoms with Gasteiger partial charge in [0.1, 0.15) is 11.5 Å². The summed E-state index contributed by atoms with van der Waals surface area (Å²) in [5, 5.41) is 0. The van der Waals surface area contributed by atoms with Crippen molar-refractivity contribution in [2.75, 3.05) is 13.2 Å². The normalized spacial score (nSPS) is 10.3. The molecule has 0 aliphatic rings. The van der Waals surface area contributed by atoms with Gasteiger partial charge in [0.2, 0.25) is 0 Å². The molecule has 8 heteroatoms. The van der Waals surface area contributed by atoms with Crippen LogP contribution in [0.15, 0.2) is 39.3 Å². The Bertz CT molecular complexity index is 833. The Hall–Kier alpha value is -2.06. The van der Waals surface area contributed by atoms with Crippen molar-refractivity contribution in [2.45, 2.75) is 20.8 Å². The molecule has 6 nitrogen and oxygen atoms in total. The van der Waals surface area contributed by atoms with Crippen molar-refractivity contribution in [3.05, 3.63) is 56.0 Å². The van der Waals surface area contributed by atoms with Gasteiger partial charge in [-0.1, -0.05) is 22.0 Å². The molecule has 2 aromatic carbocycles. The summed E-state index contributed by atoms with van der Waals surface area (Å²) < 4.78 is 12.5. The van der Waals surface area contributed by atoms with E-state index in [4.69, 9.17) is 9.47 Å². The van der Waals surface area contributed by atoms with E-state index in [-0.39, 0.29) is 13.2 Å². The smallest absolute Gasteiger partial charge is 0.276 e. The summed E-state index contributed by atoms with van der Waals surface area (Å²) >= 11 is 6.77. The van der Waals surface area contributed by atoms with E-state index in [1.54, 1.807) is 6.07 Å². The molecule has 0 aliphatic carbocycles. The molecule has 144 valence electrons. The van der Waals surface area contributed by atoms with E-state index in [1.807, 2.05) is 45.0 Å². The molecular weight excluding hydrogens is 480 g/mol. The number of hydrazine groups is 1. The summed E-state index contributed by atoms with van der Waals surface area (Å²) in [7, 11) is 0. The lowest BCUT2D eigenvalue weighted by molar-refractivity contribution is -0.131. The van der Waals surface area contributed by atoms with Gasteiger partial charge in [0.15, 0.2) is 13.2 Å². The van der Waals surface area contributed by atoms with Crippen molar-refractivity contribution in [2.24, 2.45) is 0 Å². The van der Waals surface area contributed by atoms with E-state index >= 15 is 0 Å². The molecule has 27 heavy (non-hydrogen) atoms. The van der Waals surface area contributed by atoms with E-state index in [0.717, 1.165) is 25.6 Å². The first-order valence-electron chi connectivity index (χ1n) is 8.12. The van der Waals surface area contributed by atoms with Crippen molar-refractivity contribution >= 4 is 43.7 Å². The molecule has 0 saturated carbocycles. The number of ether oxygens (including phenoxy) is 2. The summed E-state index contributed by atoms with van der Waals surface area (Å²) in [4.78, 5) is 23.6. The van der Waals surface area contributed by atoms with Crippen LogP contribution in [-0.2, 0) is 9.59 Å². The van der Waals surface area contributed by atoms with Crippen LogP contribution in [0.4, 0.5) is 0 Å². The Labute approximate surface area is 174 Å². The Morgan fingerprint density at radius 2 is 1.48 bits per heavy atom. The standard InChI is InChI=1S/C19H20Br2N2O4/c1-11-4-5-15(7-12(11)2)26-9-17(24)22-23-18(25)10-27-19-13(3)6-14(20)8-16(19)21/h4-8H,9-10H2,1-3H3,(H,22,24)(H,23,25). The molecule has 0 bridgehead atoms. The van der Waals surface area contributed by atoms with E-state index in [0.29, 0.717) is 11.5 Å².